The predicted molar refractivity (Wildman–Crippen MR) is 102 cm³/mol. The summed E-state index contributed by atoms with van der Waals surface area (Å²) >= 11 is 0. The van der Waals surface area contributed by atoms with Crippen molar-refractivity contribution < 1.29 is 19.4 Å². The van der Waals surface area contributed by atoms with Crippen LogP contribution in [0.15, 0.2) is 0 Å². The molecule has 4 nitrogen and oxygen atoms in total. The van der Waals surface area contributed by atoms with Crippen LogP contribution in [0.3, 0.4) is 0 Å². The number of epoxide rings is 1. The summed E-state index contributed by atoms with van der Waals surface area (Å²) in [6.07, 6.45) is -0.893. The van der Waals surface area contributed by atoms with Gasteiger partial charge in [-0.05, 0) is 23.5 Å². The van der Waals surface area contributed by atoms with Gasteiger partial charge in [0.15, 0.2) is 8.32 Å². The Balaban J connectivity index is 2.69. The quantitative estimate of drug-likeness (QED) is 0.457. The first-order chi connectivity index (χ1) is 11.0. The van der Waals surface area contributed by atoms with Crippen LogP contribution in [-0.4, -0.2) is 49.6 Å². The third-order valence-electron chi connectivity index (χ3n) is 6.17. The summed E-state index contributed by atoms with van der Waals surface area (Å²) in [4.78, 5) is 0. The highest BCUT2D eigenvalue weighted by Crippen LogP contribution is 2.42. The molecule has 24 heavy (non-hydrogen) atoms. The molecule has 0 aliphatic carbocycles. The Morgan fingerprint density at radius 3 is 1.67 bits per heavy atom. The molecule has 0 aromatic rings. The van der Waals surface area contributed by atoms with Crippen molar-refractivity contribution in [1.29, 1.82) is 0 Å². The fourth-order valence-corrected chi connectivity index (χ4v) is 10.00. The van der Waals surface area contributed by atoms with Crippen LogP contribution in [0.4, 0.5) is 0 Å². The average Bonchev–Trinajstić information content (AvgIpc) is 3.21. The van der Waals surface area contributed by atoms with Crippen LogP contribution in [0, 0.1) is 11.8 Å². The van der Waals surface area contributed by atoms with Gasteiger partial charge in [0.05, 0.1) is 31.0 Å². The fourth-order valence-electron chi connectivity index (χ4n) is 4.54. The molecule has 0 aromatic carbocycles. The molecular weight excluding hydrogens is 320 g/mol. The molecule has 1 saturated heterocycles. The first kappa shape index (κ1) is 22.1. The van der Waals surface area contributed by atoms with E-state index in [9.17, 15) is 10.2 Å². The maximum atomic E-state index is 10.6. The van der Waals surface area contributed by atoms with Gasteiger partial charge in [0.2, 0.25) is 0 Å². The van der Waals surface area contributed by atoms with E-state index in [-0.39, 0.29) is 24.0 Å². The van der Waals surface area contributed by atoms with Gasteiger partial charge in [-0.25, -0.2) is 0 Å². The van der Waals surface area contributed by atoms with Crippen LogP contribution in [-0.2, 0) is 9.16 Å². The summed E-state index contributed by atoms with van der Waals surface area (Å²) in [6, 6.07) is 0. The van der Waals surface area contributed by atoms with Crippen molar-refractivity contribution in [3.05, 3.63) is 0 Å². The number of rotatable bonds is 10. The lowest BCUT2D eigenvalue weighted by Crippen LogP contribution is -2.50. The Morgan fingerprint density at radius 2 is 1.33 bits per heavy atom. The van der Waals surface area contributed by atoms with Crippen LogP contribution < -0.4 is 0 Å². The second-order valence-electron chi connectivity index (χ2n) is 8.71. The van der Waals surface area contributed by atoms with Crippen LogP contribution in [0.1, 0.15) is 62.3 Å². The van der Waals surface area contributed by atoms with Crippen molar-refractivity contribution >= 4 is 8.32 Å². The highest BCUT2D eigenvalue weighted by atomic mass is 28.4. The SMILES string of the molecule is CC(C)[Si](OC[C@@H](O)[C@@H](C)[C@@H](O)[C@@H](C)[C@H]1O[C@H]1C)(C(C)C)C(C)C. The summed E-state index contributed by atoms with van der Waals surface area (Å²) in [7, 11) is -1.98. The molecule has 1 aliphatic heterocycles. The van der Waals surface area contributed by atoms with E-state index >= 15 is 0 Å². The molecular formula is C19H40O4Si. The zero-order chi connectivity index (χ0) is 18.8. The average molecular weight is 361 g/mol. The molecule has 6 atom stereocenters. The smallest absolute Gasteiger partial charge is 0.200 e. The number of aliphatic hydroxyl groups excluding tert-OH is 2. The van der Waals surface area contributed by atoms with Crippen molar-refractivity contribution in [2.75, 3.05) is 6.61 Å². The van der Waals surface area contributed by atoms with Gasteiger partial charge < -0.3 is 19.4 Å². The van der Waals surface area contributed by atoms with E-state index in [4.69, 9.17) is 9.16 Å². The summed E-state index contributed by atoms with van der Waals surface area (Å²) in [5.41, 5.74) is 1.47. The molecule has 0 spiro atoms. The Labute approximate surface area is 150 Å². The Morgan fingerprint density at radius 1 is 0.917 bits per heavy atom. The maximum Gasteiger partial charge on any atom is 0.200 e. The van der Waals surface area contributed by atoms with Gasteiger partial charge in [-0.3, -0.25) is 0 Å². The summed E-state index contributed by atoms with van der Waals surface area (Å²) in [6.45, 7) is 19.7. The monoisotopic (exact) mass is 360 g/mol. The van der Waals surface area contributed by atoms with Crippen LogP contribution in [0.5, 0.6) is 0 Å². The highest BCUT2D eigenvalue weighted by molar-refractivity contribution is 6.77. The molecule has 2 N–H and O–H groups in total. The van der Waals surface area contributed by atoms with Crippen LogP contribution in [0.25, 0.3) is 0 Å². The largest absolute Gasteiger partial charge is 0.413 e. The molecule has 0 radical (unpaired) electrons. The molecule has 1 rings (SSSR count). The molecule has 0 aromatic heterocycles. The Bertz CT molecular complexity index is 364. The Kier molecular flexibility index (Phi) is 7.94. The standard InChI is InChI=1S/C19H40O4Si/c1-11(2)24(12(3)4,13(5)6)22-10-17(20)14(7)18(21)15(8)19-16(9)23-19/h11-21H,10H2,1-9H3/t14-,15-,16+,17-,18-,19-/m1/s1. The second kappa shape index (κ2) is 8.63. The minimum atomic E-state index is -1.98. The molecule has 0 unspecified atom stereocenters. The van der Waals surface area contributed by atoms with Crippen molar-refractivity contribution in [3.63, 3.8) is 0 Å². The first-order valence-corrected chi connectivity index (χ1v) is 11.8. The van der Waals surface area contributed by atoms with Crippen molar-refractivity contribution in [3.8, 4) is 0 Å². The van der Waals surface area contributed by atoms with Crippen molar-refractivity contribution in [2.24, 2.45) is 11.8 Å². The van der Waals surface area contributed by atoms with E-state index < -0.39 is 20.5 Å². The van der Waals surface area contributed by atoms with E-state index in [0.717, 1.165) is 0 Å². The van der Waals surface area contributed by atoms with Gasteiger partial charge in [-0.2, -0.15) is 0 Å². The number of hydrogen-bond acceptors (Lipinski definition) is 4. The second-order valence-corrected chi connectivity index (χ2v) is 14.2. The van der Waals surface area contributed by atoms with Crippen molar-refractivity contribution in [1.82, 2.24) is 0 Å². The number of ether oxygens (including phenoxy) is 1. The van der Waals surface area contributed by atoms with Gasteiger partial charge in [-0.15, -0.1) is 0 Å². The van der Waals surface area contributed by atoms with E-state index in [0.29, 0.717) is 23.2 Å². The lowest BCUT2D eigenvalue weighted by molar-refractivity contribution is -0.0312. The Hall–Kier alpha value is 0.0569. The van der Waals surface area contributed by atoms with Crippen LogP contribution >= 0.6 is 0 Å². The normalized spacial score (nSPS) is 26.8. The zero-order valence-corrected chi connectivity index (χ0v) is 18.1. The molecule has 0 amide bonds. The fraction of sp³-hybridized carbons (Fsp3) is 1.00. The topological polar surface area (TPSA) is 62.2 Å². The van der Waals surface area contributed by atoms with Crippen LogP contribution in [0.2, 0.25) is 16.6 Å². The third kappa shape index (κ3) is 4.61. The molecule has 144 valence electrons. The molecule has 0 saturated carbocycles. The highest BCUT2D eigenvalue weighted by Gasteiger charge is 2.47. The first-order valence-electron chi connectivity index (χ1n) is 9.62. The van der Waals surface area contributed by atoms with Crippen molar-refractivity contribution in [2.45, 2.75) is 103 Å². The maximum absolute atomic E-state index is 10.6. The minimum absolute atomic E-state index is 0.0342. The van der Waals surface area contributed by atoms with E-state index in [1.54, 1.807) is 0 Å². The number of aliphatic hydroxyl groups is 2. The minimum Gasteiger partial charge on any atom is -0.413 e. The molecule has 0 bridgehead atoms. The molecule has 1 fully saturated rings. The molecule has 5 heteroatoms. The van der Waals surface area contributed by atoms with Gasteiger partial charge in [0.25, 0.3) is 0 Å². The summed E-state index contributed by atoms with van der Waals surface area (Å²) < 4.78 is 11.9. The lowest BCUT2D eigenvalue weighted by atomic mass is 9.87. The van der Waals surface area contributed by atoms with E-state index in [2.05, 4.69) is 41.5 Å². The third-order valence-corrected chi connectivity index (χ3v) is 12.3. The predicted octanol–water partition coefficient (Wildman–Crippen LogP) is 3.96. The molecule has 1 heterocycles. The molecule has 1 aliphatic rings. The summed E-state index contributed by atoms with van der Waals surface area (Å²) in [5, 5.41) is 21.2. The lowest BCUT2D eigenvalue weighted by Gasteiger charge is -2.43. The van der Waals surface area contributed by atoms with Gasteiger partial charge in [-0.1, -0.05) is 55.4 Å². The van der Waals surface area contributed by atoms with E-state index in [1.807, 2.05) is 20.8 Å². The van der Waals surface area contributed by atoms with Gasteiger partial charge >= 0.3 is 0 Å². The number of hydrogen-bond donors (Lipinski definition) is 2. The van der Waals surface area contributed by atoms with Gasteiger partial charge in [0, 0.05) is 11.8 Å². The van der Waals surface area contributed by atoms with Gasteiger partial charge in [0.1, 0.15) is 0 Å². The summed E-state index contributed by atoms with van der Waals surface area (Å²) in [5.74, 6) is -0.193. The van der Waals surface area contributed by atoms with E-state index in [1.165, 1.54) is 0 Å². The zero-order valence-electron chi connectivity index (χ0n) is 17.1.